The van der Waals surface area contributed by atoms with Gasteiger partial charge in [0, 0.05) is 37.8 Å². The van der Waals surface area contributed by atoms with Gasteiger partial charge in [-0.1, -0.05) is 24.3 Å². The van der Waals surface area contributed by atoms with Gasteiger partial charge < -0.3 is 19.5 Å². The number of hydrogen-bond donors (Lipinski definition) is 1. The van der Waals surface area contributed by atoms with E-state index in [2.05, 4.69) is 15.3 Å². The van der Waals surface area contributed by atoms with Gasteiger partial charge in [0.1, 0.15) is 5.71 Å². The number of nitrogens with zero attached hydrogens (tertiary/aromatic N) is 3. The van der Waals surface area contributed by atoms with Crippen LogP contribution in [0.15, 0.2) is 35.4 Å². The minimum absolute atomic E-state index is 0.0129. The number of urea groups is 1. The average Bonchev–Trinajstić information content (AvgIpc) is 3.00. The van der Waals surface area contributed by atoms with Crippen molar-refractivity contribution < 1.29 is 23.4 Å². The summed E-state index contributed by atoms with van der Waals surface area (Å²) >= 11 is 0. The van der Waals surface area contributed by atoms with Gasteiger partial charge in [-0.25, -0.2) is 14.2 Å². The fraction of sp³-hybridized carbons (Fsp3) is 0.440. The number of fused-ring (bicyclic) bond motifs is 1. The zero-order valence-corrected chi connectivity index (χ0v) is 20.1. The lowest BCUT2D eigenvalue weighted by Crippen LogP contribution is -2.41. The molecule has 0 aromatic heterocycles. The molecular formula is C25H31FN4O4. The van der Waals surface area contributed by atoms with Crippen molar-refractivity contribution in [3.05, 3.63) is 58.4 Å². The summed E-state index contributed by atoms with van der Waals surface area (Å²) in [7, 11) is 4.43. The zero-order chi connectivity index (χ0) is 24.2. The Morgan fingerprint density at radius 1 is 1.21 bits per heavy atom. The van der Waals surface area contributed by atoms with Crippen LogP contribution in [-0.4, -0.2) is 75.3 Å². The summed E-state index contributed by atoms with van der Waals surface area (Å²) in [5.41, 5.74) is 3.24. The SMILES string of the molecule is CNC(=O)N1N=C(c2ccc(CN3CCOCC3)cc2)c2c(cc(OC)c(OC)c2F)CC1C. The Hall–Kier alpha value is -3.17. The smallest absolute Gasteiger partial charge is 0.337 e. The molecule has 4 rings (SSSR count). The molecule has 2 aliphatic heterocycles. The van der Waals surface area contributed by atoms with E-state index in [0.29, 0.717) is 34.6 Å². The van der Waals surface area contributed by atoms with Gasteiger partial charge in [-0.3, -0.25) is 4.90 Å². The molecule has 1 atom stereocenters. The summed E-state index contributed by atoms with van der Waals surface area (Å²) in [6.07, 6.45) is 0.405. The number of benzene rings is 2. The van der Waals surface area contributed by atoms with Crippen LogP contribution in [0.1, 0.15) is 29.2 Å². The second kappa shape index (κ2) is 10.4. The first-order valence-corrected chi connectivity index (χ1v) is 11.4. The molecule has 2 aromatic carbocycles. The molecule has 0 bridgehead atoms. The van der Waals surface area contributed by atoms with Crippen LogP contribution in [0.3, 0.4) is 0 Å². The second-order valence-corrected chi connectivity index (χ2v) is 8.45. The fourth-order valence-corrected chi connectivity index (χ4v) is 4.43. The first-order valence-electron chi connectivity index (χ1n) is 11.4. The van der Waals surface area contributed by atoms with Crippen LogP contribution in [0, 0.1) is 5.82 Å². The number of hydrogen-bond acceptors (Lipinski definition) is 6. The Labute approximate surface area is 199 Å². The van der Waals surface area contributed by atoms with Crippen molar-refractivity contribution >= 4 is 11.7 Å². The molecule has 1 unspecified atom stereocenters. The summed E-state index contributed by atoms with van der Waals surface area (Å²) in [4.78, 5) is 14.9. The highest BCUT2D eigenvalue weighted by atomic mass is 19.1. The maximum atomic E-state index is 15.8. The lowest BCUT2D eigenvalue weighted by molar-refractivity contribution is 0.0342. The number of carbonyl (C=O) groups is 1. The van der Waals surface area contributed by atoms with Gasteiger partial charge in [0.15, 0.2) is 17.3 Å². The third kappa shape index (κ3) is 4.71. The Morgan fingerprint density at radius 2 is 1.91 bits per heavy atom. The molecule has 1 saturated heterocycles. The molecule has 1 fully saturated rings. The van der Waals surface area contributed by atoms with E-state index in [0.717, 1.165) is 38.4 Å². The molecule has 0 spiro atoms. The standard InChI is InChI=1S/C25H31FN4O4/c1-16-13-19-14-20(32-3)24(33-4)22(26)21(19)23(28-30(16)25(31)27-2)18-7-5-17(6-8-18)15-29-9-11-34-12-10-29/h5-8,14,16H,9-13,15H2,1-4H3,(H,27,31). The van der Waals surface area contributed by atoms with E-state index in [4.69, 9.17) is 14.2 Å². The van der Waals surface area contributed by atoms with Gasteiger partial charge in [0.2, 0.25) is 0 Å². The van der Waals surface area contributed by atoms with E-state index >= 15 is 4.39 Å². The van der Waals surface area contributed by atoms with E-state index in [-0.39, 0.29) is 17.8 Å². The number of rotatable bonds is 5. The van der Waals surface area contributed by atoms with Crippen molar-refractivity contribution in [1.82, 2.24) is 15.2 Å². The van der Waals surface area contributed by atoms with Crippen molar-refractivity contribution in [2.45, 2.75) is 25.9 Å². The number of amides is 2. The zero-order valence-electron chi connectivity index (χ0n) is 20.1. The lowest BCUT2D eigenvalue weighted by Gasteiger charge is -2.26. The summed E-state index contributed by atoms with van der Waals surface area (Å²) in [5.74, 6) is -0.238. The van der Waals surface area contributed by atoms with Gasteiger partial charge in [0.25, 0.3) is 0 Å². The maximum Gasteiger partial charge on any atom is 0.337 e. The average molecular weight is 471 g/mol. The van der Waals surface area contributed by atoms with Crippen LogP contribution >= 0.6 is 0 Å². The van der Waals surface area contributed by atoms with Gasteiger partial charge in [0.05, 0.1) is 33.5 Å². The number of hydrazone groups is 1. The van der Waals surface area contributed by atoms with Gasteiger partial charge in [-0.05, 0) is 30.5 Å². The van der Waals surface area contributed by atoms with E-state index in [9.17, 15) is 4.79 Å². The van der Waals surface area contributed by atoms with Crippen LogP contribution in [0.5, 0.6) is 11.5 Å². The van der Waals surface area contributed by atoms with Gasteiger partial charge >= 0.3 is 6.03 Å². The molecule has 0 saturated carbocycles. The highest BCUT2D eigenvalue weighted by Crippen LogP contribution is 2.38. The minimum atomic E-state index is -0.557. The molecule has 2 aromatic rings. The van der Waals surface area contributed by atoms with Crippen molar-refractivity contribution in [3.8, 4) is 11.5 Å². The van der Waals surface area contributed by atoms with Crippen molar-refractivity contribution in [1.29, 1.82) is 0 Å². The van der Waals surface area contributed by atoms with E-state index in [1.54, 1.807) is 13.1 Å². The summed E-state index contributed by atoms with van der Waals surface area (Å²) in [6, 6.07) is 8.99. The van der Waals surface area contributed by atoms with Gasteiger partial charge in [-0.15, -0.1) is 0 Å². The molecule has 34 heavy (non-hydrogen) atoms. The predicted octanol–water partition coefficient (Wildman–Crippen LogP) is 3.01. The van der Waals surface area contributed by atoms with E-state index in [1.165, 1.54) is 19.2 Å². The molecule has 182 valence electrons. The second-order valence-electron chi connectivity index (χ2n) is 8.45. The van der Waals surface area contributed by atoms with Crippen LogP contribution in [0.4, 0.5) is 9.18 Å². The molecule has 0 radical (unpaired) electrons. The lowest BCUT2D eigenvalue weighted by atomic mass is 9.93. The third-order valence-electron chi connectivity index (χ3n) is 6.23. The number of methoxy groups -OCH3 is 2. The molecule has 2 amide bonds. The highest BCUT2D eigenvalue weighted by Gasteiger charge is 2.31. The highest BCUT2D eigenvalue weighted by molar-refractivity contribution is 6.14. The summed E-state index contributed by atoms with van der Waals surface area (Å²) < 4.78 is 31.9. The largest absolute Gasteiger partial charge is 0.493 e. The predicted molar refractivity (Wildman–Crippen MR) is 127 cm³/mol. The van der Waals surface area contributed by atoms with Gasteiger partial charge in [-0.2, -0.15) is 5.10 Å². The van der Waals surface area contributed by atoms with Crippen LogP contribution < -0.4 is 14.8 Å². The van der Waals surface area contributed by atoms with Crippen molar-refractivity contribution in [2.24, 2.45) is 5.10 Å². The molecule has 8 nitrogen and oxygen atoms in total. The Morgan fingerprint density at radius 3 is 2.53 bits per heavy atom. The molecular weight excluding hydrogens is 439 g/mol. The first kappa shape index (κ1) is 24.0. The van der Waals surface area contributed by atoms with E-state index in [1.807, 2.05) is 31.2 Å². The van der Waals surface area contributed by atoms with Crippen LogP contribution in [-0.2, 0) is 17.7 Å². The summed E-state index contributed by atoms with van der Waals surface area (Å²) in [6.45, 7) is 5.97. The number of morpholine rings is 1. The normalized spacial score (nSPS) is 18.6. The van der Waals surface area contributed by atoms with Crippen LogP contribution in [0.2, 0.25) is 0 Å². The first-order chi connectivity index (χ1) is 16.5. The molecule has 2 heterocycles. The van der Waals surface area contributed by atoms with Crippen LogP contribution in [0.25, 0.3) is 0 Å². The Bertz CT molecular complexity index is 1070. The minimum Gasteiger partial charge on any atom is -0.493 e. The summed E-state index contributed by atoms with van der Waals surface area (Å²) in [5, 5.41) is 8.65. The quantitative estimate of drug-likeness (QED) is 0.727. The third-order valence-corrected chi connectivity index (χ3v) is 6.23. The number of halogens is 1. The topological polar surface area (TPSA) is 75.6 Å². The monoisotopic (exact) mass is 470 g/mol. The molecule has 0 aliphatic carbocycles. The number of carbonyl (C=O) groups excluding carboxylic acids is 1. The van der Waals surface area contributed by atoms with Crippen molar-refractivity contribution in [3.63, 3.8) is 0 Å². The maximum absolute atomic E-state index is 15.8. The fourth-order valence-electron chi connectivity index (χ4n) is 4.43. The Balaban J connectivity index is 1.79. The van der Waals surface area contributed by atoms with E-state index < -0.39 is 5.82 Å². The number of ether oxygens (including phenoxy) is 3. The molecule has 1 N–H and O–H groups in total. The molecule has 2 aliphatic rings. The Kier molecular flexibility index (Phi) is 7.33. The molecule has 9 heteroatoms. The van der Waals surface area contributed by atoms with Crippen molar-refractivity contribution in [2.75, 3.05) is 47.6 Å². The number of nitrogens with one attached hydrogen (secondary N) is 1.